The van der Waals surface area contributed by atoms with E-state index in [9.17, 15) is 15.0 Å². The molecule has 0 amide bonds. The summed E-state index contributed by atoms with van der Waals surface area (Å²) in [5.41, 5.74) is 0.678. The van der Waals surface area contributed by atoms with Crippen molar-refractivity contribution in [1.82, 2.24) is 0 Å². The van der Waals surface area contributed by atoms with Gasteiger partial charge in [0.15, 0.2) is 0 Å². The molecule has 4 fully saturated rings. The van der Waals surface area contributed by atoms with Gasteiger partial charge in [0.25, 0.3) is 0 Å². The van der Waals surface area contributed by atoms with Crippen LogP contribution in [0.25, 0.3) is 0 Å². The van der Waals surface area contributed by atoms with Crippen molar-refractivity contribution in [2.45, 2.75) is 111 Å². The van der Waals surface area contributed by atoms with Crippen LogP contribution in [0.2, 0.25) is 0 Å². The van der Waals surface area contributed by atoms with Crippen LogP contribution in [0.3, 0.4) is 0 Å². The highest BCUT2D eigenvalue weighted by Crippen LogP contribution is 2.68. The van der Waals surface area contributed by atoms with Gasteiger partial charge >= 0.3 is 0 Å². The Morgan fingerprint density at radius 3 is 2.37 bits per heavy atom. The first-order valence-electron chi connectivity index (χ1n) is 12.9. The number of carbonyl (C=O) groups excluding carboxylic acids is 1. The Balaban J connectivity index is 1.48. The number of rotatable bonds is 6. The van der Waals surface area contributed by atoms with Gasteiger partial charge in [-0.25, -0.2) is 0 Å². The molecule has 1 unspecified atom stereocenters. The number of hydrogen-bond donors (Lipinski definition) is 2. The van der Waals surface area contributed by atoms with Crippen LogP contribution in [0.4, 0.5) is 0 Å². The smallest absolute Gasteiger partial charge is 0.201 e. The molecule has 0 heterocycles. The van der Waals surface area contributed by atoms with Crippen LogP contribution in [-0.2, 0) is 4.79 Å². The third-order valence-corrected chi connectivity index (χ3v) is 10.9. The third kappa shape index (κ3) is 3.70. The van der Waals surface area contributed by atoms with Gasteiger partial charge in [-0.2, -0.15) is 0 Å². The maximum absolute atomic E-state index is 11.3. The number of aliphatic hydroxyl groups is 2. The summed E-state index contributed by atoms with van der Waals surface area (Å²) in [4.78, 5) is 10.8. The van der Waals surface area contributed by atoms with Crippen molar-refractivity contribution in [1.29, 1.82) is 0 Å². The SMILES string of the molecule is CC([C]=O)CCC[C@@H](C)[C@H]1CC[C@H]2[C@@H]3[C@H](O)C[C@@H]4C[C@H](O)CC[C@]4(C)[C@H]3CC[C@]12C. The molecule has 171 valence electrons. The van der Waals surface area contributed by atoms with Gasteiger partial charge in [0, 0.05) is 5.92 Å². The molecule has 0 aromatic carbocycles. The van der Waals surface area contributed by atoms with Crippen molar-refractivity contribution in [2.75, 3.05) is 0 Å². The summed E-state index contributed by atoms with van der Waals surface area (Å²) in [6.45, 7) is 9.47. The van der Waals surface area contributed by atoms with Crippen LogP contribution < -0.4 is 0 Å². The Hall–Kier alpha value is -0.410. The second-order valence-corrected chi connectivity index (χ2v) is 12.4. The molecule has 1 radical (unpaired) electrons. The lowest BCUT2D eigenvalue weighted by Crippen LogP contribution is -2.58. The zero-order valence-electron chi connectivity index (χ0n) is 19.8. The van der Waals surface area contributed by atoms with Gasteiger partial charge in [0.1, 0.15) is 0 Å². The first-order chi connectivity index (χ1) is 14.2. The van der Waals surface area contributed by atoms with E-state index in [1.807, 2.05) is 6.92 Å². The van der Waals surface area contributed by atoms with Crippen molar-refractivity contribution in [3.63, 3.8) is 0 Å². The predicted octanol–water partition coefficient (Wildman–Crippen LogP) is 5.53. The van der Waals surface area contributed by atoms with Gasteiger partial charge in [-0.1, -0.05) is 40.5 Å². The van der Waals surface area contributed by atoms with Crippen molar-refractivity contribution >= 4 is 6.29 Å². The third-order valence-electron chi connectivity index (χ3n) is 10.9. The molecule has 4 aliphatic carbocycles. The summed E-state index contributed by atoms with van der Waals surface area (Å²) < 4.78 is 0. The number of hydrogen-bond acceptors (Lipinski definition) is 3. The van der Waals surface area contributed by atoms with Gasteiger partial charge in [0.05, 0.1) is 12.2 Å². The fourth-order valence-electron chi connectivity index (χ4n) is 9.18. The first kappa shape index (κ1) is 22.8. The number of aliphatic hydroxyl groups excluding tert-OH is 2. The van der Waals surface area contributed by atoms with E-state index in [2.05, 4.69) is 27.1 Å². The number of fused-ring (bicyclic) bond motifs is 5. The maximum Gasteiger partial charge on any atom is 0.201 e. The second kappa shape index (κ2) is 8.50. The maximum atomic E-state index is 11.3. The van der Waals surface area contributed by atoms with Gasteiger partial charge in [0.2, 0.25) is 6.29 Å². The van der Waals surface area contributed by atoms with E-state index in [1.54, 1.807) is 0 Å². The minimum atomic E-state index is -0.180. The molecule has 4 saturated carbocycles. The van der Waals surface area contributed by atoms with Crippen molar-refractivity contribution in [2.24, 2.45) is 52.3 Å². The quantitative estimate of drug-likeness (QED) is 0.597. The van der Waals surface area contributed by atoms with Crippen LogP contribution in [0, 0.1) is 52.3 Å². The topological polar surface area (TPSA) is 57.5 Å². The molecule has 0 saturated heterocycles. The van der Waals surface area contributed by atoms with Crippen LogP contribution >= 0.6 is 0 Å². The van der Waals surface area contributed by atoms with E-state index in [-0.39, 0.29) is 18.1 Å². The molecule has 0 aromatic rings. The van der Waals surface area contributed by atoms with Crippen LogP contribution in [0.15, 0.2) is 0 Å². The first-order valence-corrected chi connectivity index (χ1v) is 12.9. The Morgan fingerprint density at radius 1 is 0.933 bits per heavy atom. The molecule has 0 bridgehead atoms. The molecule has 3 heteroatoms. The average Bonchev–Trinajstić information content (AvgIpc) is 3.06. The molecule has 3 nitrogen and oxygen atoms in total. The Labute approximate surface area is 184 Å². The van der Waals surface area contributed by atoms with E-state index in [0.717, 1.165) is 44.4 Å². The molecular weight excluding hydrogens is 372 g/mol. The fraction of sp³-hybridized carbons (Fsp3) is 0.963. The molecule has 0 aliphatic heterocycles. The molecule has 0 spiro atoms. The highest BCUT2D eigenvalue weighted by molar-refractivity contribution is 5.53. The van der Waals surface area contributed by atoms with Crippen LogP contribution in [-0.4, -0.2) is 28.7 Å². The lowest BCUT2D eigenvalue weighted by Gasteiger charge is -2.62. The lowest BCUT2D eigenvalue weighted by atomic mass is 9.43. The van der Waals surface area contributed by atoms with Crippen LogP contribution in [0.5, 0.6) is 0 Å². The van der Waals surface area contributed by atoms with Crippen molar-refractivity contribution in [3.8, 4) is 0 Å². The Kier molecular flexibility index (Phi) is 6.45. The molecule has 0 aromatic heterocycles. The summed E-state index contributed by atoms with van der Waals surface area (Å²) in [5.74, 6) is 3.77. The predicted molar refractivity (Wildman–Crippen MR) is 120 cm³/mol. The second-order valence-electron chi connectivity index (χ2n) is 12.4. The van der Waals surface area contributed by atoms with Gasteiger partial charge in [-0.15, -0.1) is 0 Å². The molecule has 4 rings (SSSR count). The van der Waals surface area contributed by atoms with E-state index >= 15 is 0 Å². The minimum absolute atomic E-state index is 0.0691. The van der Waals surface area contributed by atoms with Gasteiger partial charge in [-0.05, 0) is 104 Å². The molecule has 11 atom stereocenters. The Bertz CT molecular complexity index is 619. The van der Waals surface area contributed by atoms with E-state index in [1.165, 1.54) is 32.1 Å². The Morgan fingerprint density at radius 2 is 1.63 bits per heavy atom. The fourth-order valence-corrected chi connectivity index (χ4v) is 9.18. The largest absolute Gasteiger partial charge is 0.393 e. The van der Waals surface area contributed by atoms with E-state index in [4.69, 9.17) is 0 Å². The van der Waals surface area contributed by atoms with E-state index < -0.39 is 0 Å². The summed E-state index contributed by atoms with van der Waals surface area (Å²) in [6.07, 6.45) is 14.2. The van der Waals surface area contributed by atoms with E-state index in [0.29, 0.717) is 40.4 Å². The van der Waals surface area contributed by atoms with Crippen molar-refractivity contribution in [3.05, 3.63) is 0 Å². The van der Waals surface area contributed by atoms with Gasteiger partial charge < -0.3 is 10.2 Å². The van der Waals surface area contributed by atoms with Gasteiger partial charge in [-0.3, -0.25) is 4.79 Å². The molecular formula is C27H45O3. The highest BCUT2D eigenvalue weighted by Gasteiger charge is 2.62. The minimum Gasteiger partial charge on any atom is -0.393 e. The molecule has 4 aliphatic rings. The molecule has 2 N–H and O–H groups in total. The van der Waals surface area contributed by atoms with Crippen LogP contribution in [0.1, 0.15) is 98.3 Å². The summed E-state index contributed by atoms with van der Waals surface area (Å²) >= 11 is 0. The normalized spacial score (nSPS) is 50.1. The van der Waals surface area contributed by atoms with Crippen molar-refractivity contribution < 1.29 is 15.0 Å². The standard InChI is InChI=1S/C27H45O3/c1-17(16-28)6-5-7-18(2)21-8-9-22-25-23(11-13-27(21,22)4)26(3)12-10-20(29)14-19(26)15-24(25)30/h17-25,29-30H,5-15H2,1-4H3/t17?,18-,19+,20-,21-,22+,23+,24-,25+,26+,27-/m1/s1. The summed E-state index contributed by atoms with van der Waals surface area (Å²) in [5, 5.41) is 21.6. The monoisotopic (exact) mass is 417 g/mol. The molecule has 30 heavy (non-hydrogen) atoms. The summed E-state index contributed by atoms with van der Waals surface area (Å²) in [6, 6.07) is 0. The summed E-state index contributed by atoms with van der Waals surface area (Å²) in [7, 11) is 0. The lowest BCUT2D eigenvalue weighted by molar-refractivity contribution is -0.174. The zero-order valence-corrected chi connectivity index (χ0v) is 19.8. The average molecular weight is 418 g/mol. The highest BCUT2D eigenvalue weighted by atomic mass is 16.3. The zero-order chi connectivity index (χ0) is 21.7.